The molecule has 9 nitrogen and oxygen atoms in total. The average Bonchev–Trinajstić information content (AvgIpc) is 2.79. The predicted octanol–water partition coefficient (Wildman–Crippen LogP) is 2.57. The van der Waals surface area contributed by atoms with E-state index in [1.807, 2.05) is 45.9 Å². The molecule has 174 valence electrons. The van der Waals surface area contributed by atoms with E-state index in [0.29, 0.717) is 37.0 Å². The molecule has 0 atom stereocenters. The van der Waals surface area contributed by atoms with Gasteiger partial charge in [0.15, 0.2) is 17.1 Å². The fourth-order valence-electron chi connectivity index (χ4n) is 3.85. The Bertz CT molecular complexity index is 1320. The summed E-state index contributed by atoms with van der Waals surface area (Å²) < 4.78 is 12.8. The number of ether oxygens (including phenoxy) is 2. The fraction of sp³-hybridized carbons (Fsp3) is 0.417. The third-order valence-corrected chi connectivity index (χ3v) is 5.44. The predicted molar refractivity (Wildman–Crippen MR) is 124 cm³/mol. The van der Waals surface area contributed by atoms with Crippen LogP contribution >= 0.6 is 0 Å². The number of benzene rings is 1. The molecule has 0 unspecified atom stereocenters. The zero-order chi connectivity index (χ0) is 23.7. The van der Waals surface area contributed by atoms with Gasteiger partial charge in [-0.1, -0.05) is 39.8 Å². The van der Waals surface area contributed by atoms with Crippen molar-refractivity contribution in [2.24, 2.45) is 5.92 Å². The fourth-order valence-corrected chi connectivity index (χ4v) is 3.85. The minimum atomic E-state index is -0.628. The highest BCUT2D eigenvalue weighted by molar-refractivity contribution is 6.05. The molecule has 0 saturated carbocycles. The molecule has 2 aromatic heterocycles. The molecule has 9 heteroatoms. The van der Waals surface area contributed by atoms with Gasteiger partial charge in [-0.15, -0.1) is 0 Å². The van der Waals surface area contributed by atoms with Crippen molar-refractivity contribution < 1.29 is 14.3 Å². The number of amides is 1. The maximum Gasteiger partial charge on any atom is 0.330 e. The van der Waals surface area contributed by atoms with Crippen LogP contribution < -0.4 is 26.0 Å². The molecule has 0 fully saturated rings. The van der Waals surface area contributed by atoms with Gasteiger partial charge in [-0.05, 0) is 24.0 Å². The Kier molecular flexibility index (Phi) is 6.22. The molecule has 1 aliphatic rings. The quantitative estimate of drug-likeness (QED) is 0.594. The van der Waals surface area contributed by atoms with Crippen LogP contribution in [0.4, 0.5) is 0 Å². The number of fused-ring (bicyclic) bond motifs is 2. The Hall–Kier alpha value is -3.62. The number of carbonyl (C=O) groups is 1. The highest BCUT2D eigenvalue weighted by Gasteiger charge is 2.22. The second-order valence-corrected chi connectivity index (χ2v) is 8.84. The molecular formula is C24H28N4O5. The van der Waals surface area contributed by atoms with E-state index in [2.05, 4.69) is 15.3 Å². The summed E-state index contributed by atoms with van der Waals surface area (Å²) in [6, 6.07) is 7.13. The van der Waals surface area contributed by atoms with Gasteiger partial charge in [0.2, 0.25) is 0 Å². The Labute approximate surface area is 190 Å². The van der Waals surface area contributed by atoms with E-state index >= 15 is 0 Å². The molecule has 1 aliphatic heterocycles. The van der Waals surface area contributed by atoms with E-state index in [1.165, 1.54) is 4.57 Å². The summed E-state index contributed by atoms with van der Waals surface area (Å²) in [5, 5.41) is 2.99. The number of aromatic nitrogens is 3. The summed E-state index contributed by atoms with van der Waals surface area (Å²) in [7, 11) is 0. The topological polar surface area (TPSA) is 115 Å². The third kappa shape index (κ3) is 4.48. The smallest absolute Gasteiger partial charge is 0.330 e. The van der Waals surface area contributed by atoms with Gasteiger partial charge < -0.3 is 14.8 Å². The van der Waals surface area contributed by atoms with Crippen molar-refractivity contribution >= 4 is 16.9 Å². The average molecular weight is 453 g/mol. The van der Waals surface area contributed by atoms with E-state index in [-0.39, 0.29) is 35.0 Å². The van der Waals surface area contributed by atoms with Crippen molar-refractivity contribution in [3.63, 3.8) is 0 Å². The van der Waals surface area contributed by atoms with Crippen molar-refractivity contribution in [1.29, 1.82) is 0 Å². The van der Waals surface area contributed by atoms with Gasteiger partial charge >= 0.3 is 5.69 Å². The molecule has 0 spiro atoms. The number of nitrogens with zero attached hydrogens (tertiary/aromatic N) is 2. The summed E-state index contributed by atoms with van der Waals surface area (Å²) >= 11 is 0. The van der Waals surface area contributed by atoms with E-state index in [4.69, 9.17) is 9.47 Å². The van der Waals surface area contributed by atoms with Crippen LogP contribution in [-0.4, -0.2) is 33.7 Å². The minimum absolute atomic E-state index is 0.00506. The lowest BCUT2D eigenvalue weighted by Gasteiger charge is -2.21. The van der Waals surface area contributed by atoms with E-state index in [0.717, 1.165) is 5.56 Å². The van der Waals surface area contributed by atoms with E-state index < -0.39 is 17.2 Å². The van der Waals surface area contributed by atoms with Crippen molar-refractivity contribution in [1.82, 2.24) is 19.9 Å². The summed E-state index contributed by atoms with van der Waals surface area (Å²) in [6.07, 6.45) is 0. The number of pyridine rings is 1. The van der Waals surface area contributed by atoms with Crippen molar-refractivity contribution in [3.8, 4) is 11.5 Å². The van der Waals surface area contributed by atoms with Crippen LogP contribution in [0.25, 0.3) is 11.0 Å². The molecule has 0 radical (unpaired) electrons. The first-order valence-electron chi connectivity index (χ1n) is 11.1. The SMILES string of the molecule is CC(C)Cn1c(=O)[nH]c(=O)c2c(C(=O)NCc3cccc4c3OCCO4)cc(C(C)C)nc21. The normalized spacial score (nSPS) is 13.0. The minimum Gasteiger partial charge on any atom is -0.486 e. The monoisotopic (exact) mass is 452 g/mol. The second-order valence-electron chi connectivity index (χ2n) is 8.84. The number of rotatable bonds is 6. The van der Waals surface area contributed by atoms with Crippen LogP contribution in [0.3, 0.4) is 0 Å². The number of hydrogen-bond donors (Lipinski definition) is 2. The van der Waals surface area contributed by atoms with Crippen LogP contribution in [-0.2, 0) is 13.1 Å². The third-order valence-electron chi connectivity index (χ3n) is 5.44. The first-order valence-corrected chi connectivity index (χ1v) is 11.1. The molecule has 1 aromatic carbocycles. The number of para-hydroxylation sites is 1. The highest BCUT2D eigenvalue weighted by Crippen LogP contribution is 2.33. The summed E-state index contributed by atoms with van der Waals surface area (Å²) in [5.41, 5.74) is 0.649. The van der Waals surface area contributed by atoms with Gasteiger partial charge in [-0.3, -0.25) is 19.1 Å². The maximum absolute atomic E-state index is 13.3. The van der Waals surface area contributed by atoms with Crippen LogP contribution in [0.2, 0.25) is 0 Å². The van der Waals surface area contributed by atoms with Crippen LogP contribution in [0, 0.1) is 5.92 Å². The van der Waals surface area contributed by atoms with Gasteiger partial charge in [-0.25, -0.2) is 9.78 Å². The largest absolute Gasteiger partial charge is 0.486 e. The molecule has 2 N–H and O–H groups in total. The Morgan fingerprint density at radius 3 is 2.67 bits per heavy atom. The van der Waals surface area contributed by atoms with E-state index in [9.17, 15) is 14.4 Å². The molecule has 0 saturated heterocycles. The first kappa shape index (κ1) is 22.6. The molecule has 1 amide bonds. The van der Waals surface area contributed by atoms with Gasteiger partial charge in [0.05, 0.1) is 10.9 Å². The first-order chi connectivity index (χ1) is 15.8. The number of carbonyl (C=O) groups excluding carboxylic acids is 1. The molecule has 0 bridgehead atoms. The number of hydrogen-bond acceptors (Lipinski definition) is 6. The Morgan fingerprint density at radius 1 is 1.18 bits per heavy atom. The lowest BCUT2D eigenvalue weighted by molar-refractivity contribution is 0.0951. The standard InChI is InChI=1S/C24H28N4O5/c1-13(2)12-28-21-19(23(30)27-24(28)31)16(10-17(26-21)14(3)4)22(29)25-11-15-6-5-7-18-20(15)33-9-8-32-18/h5-7,10,13-14H,8-9,11-12H2,1-4H3,(H,25,29)(H,27,30,31). The van der Waals surface area contributed by atoms with Crippen molar-refractivity contribution in [2.45, 2.75) is 46.7 Å². The lowest BCUT2D eigenvalue weighted by Crippen LogP contribution is -2.34. The van der Waals surface area contributed by atoms with E-state index in [1.54, 1.807) is 6.07 Å². The van der Waals surface area contributed by atoms with Crippen molar-refractivity contribution in [3.05, 3.63) is 61.9 Å². The molecule has 3 heterocycles. The summed E-state index contributed by atoms with van der Waals surface area (Å²) in [6.45, 7) is 9.30. The van der Waals surface area contributed by atoms with Crippen LogP contribution in [0.5, 0.6) is 11.5 Å². The maximum atomic E-state index is 13.3. The Balaban J connectivity index is 1.77. The van der Waals surface area contributed by atoms with Crippen LogP contribution in [0.15, 0.2) is 33.9 Å². The summed E-state index contributed by atoms with van der Waals surface area (Å²) in [4.78, 5) is 45.6. The van der Waals surface area contributed by atoms with Gasteiger partial charge in [0.1, 0.15) is 13.2 Å². The number of aromatic amines is 1. The summed E-state index contributed by atoms with van der Waals surface area (Å²) in [5.74, 6) is 0.951. The molecule has 33 heavy (non-hydrogen) atoms. The highest BCUT2D eigenvalue weighted by atomic mass is 16.6. The van der Waals surface area contributed by atoms with Gasteiger partial charge in [0, 0.05) is 24.3 Å². The second kappa shape index (κ2) is 9.09. The zero-order valence-corrected chi connectivity index (χ0v) is 19.2. The van der Waals surface area contributed by atoms with Gasteiger partial charge in [0.25, 0.3) is 11.5 Å². The van der Waals surface area contributed by atoms with Crippen molar-refractivity contribution in [2.75, 3.05) is 13.2 Å². The van der Waals surface area contributed by atoms with Gasteiger partial charge in [-0.2, -0.15) is 0 Å². The molecular weight excluding hydrogens is 424 g/mol. The molecule has 0 aliphatic carbocycles. The molecule has 4 rings (SSSR count). The Morgan fingerprint density at radius 2 is 1.94 bits per heavy atom. The van der Waals surface area contributed by atoms with Crippen LogP contribution in [0.1, 0.15) is 55.2 Å². The number of nitrogens with one attached hydrogen (secondary N) is 2. The molecule has 3 aromatic rings. The zero-order valence-electron chi connectivity index (χ0n) is 19.2. The lowest BCUT2D eigenvalue weighted by atomic mass is 10.0. The number of H-pyrrole nitrogens is 1.